The first-order valence-electron chi connectivity index (χ1n) is 7.48. The van der Waals surface area contributed by atoms with Gasteiger partial charge in [0.05, 0.1) is 28.0 Å². The average molecular weight is 368 g/mol. The SMILES string of the molecule is N#Cc1ccccc1Nc1ccc(NS(=O)(=O)c2ccc(F)cc2)cn1. The number of hydrogen-bond acceptors (Lipinski definition) is 5. The summed E-state index contributed by atoms with van der Waals surface area (Å²) in [4.78, 5) is 4.08. The van der Waals surface area contributed by atoms with E-state index in [4.69, 9.17) is 5.26 Å². The lowest BCUT2D eigenvalue weighted by molar-refractivity contribution is 0.599. The molecule has 0 saturated carbocycles. The van der Waals surface area contributed by atoms with Gasteiger partial charge in [0.25, 0.3) is 10.0 Å². The number of anilines is 3. The van der Waals surface area contributed by atoms with Crippen molar-refractivity contribution >= 4 is 27.2 Å². The molecule has 0 amide bonds. The van der Waals surface area contributed by atoms with Crippen LogP contribution in [-0.2, 0) is 10.0 Å². The Balaban J connectivity index is 1.75. The molecule has 0 unspecified atom stereocenters. The standard InChI is InChI=1S/C18H13FN4O2S/c19-14-5-8-16(9-6-14)26(24,25)23-15-7-10-18(21-12-15)22-17-4-2-1-3-13(17)11-20/h1-10,12,23H,(H,21,22). The first kappa shape index (κ1) is 17.4. The number of pyridine rings is 1. The van der Waals surface area contributed by atoms with Crippen molar-refractivity contribution in [2.45, 2.75) is 4.90 Å². The highest BCUT2D eigenvalue weighted by Gasteiger charge is 2.14. The van der Waals surface area contributed by atoms with Gasteiger partial charge in [0.2, 0.25) is 0 Å². The van der Waals surface area contributed by atoms with Gasteiger partial charge >= 0.3 is 0 Å². The predicted molar refractivity (Wildman–Crippen MR) is 95.9 cm³/mol. The molecule has 8 heteroatoms. The summed E-state index contributed by atoms with van der Waals surface area (Å²) in [6, 6.07) is 16.7. The van der Waals surface area contributed by atoms with Crippen LogP contribution in [0.4, 0.5) is 21.6 Å². The number of nitriles is 1. The van der Waals surface area contributed by atoms with E-state index >= 15 is 0 Å². The summed E-state index contributed by atoms with van der Waals surface area (Å²) in [6.45, 7) is 0. The zero-order valence-electron chi connectivity index (χ0n) is 13.3. The molecule has 3 rings (SSSR count). The van der Waals surface area contributed by atoms with Crippen molar-refractivity contribution < 1.29 is 12.8 Å². The minimum Gasteiger partial charge on any atom is -0.339 e. The van der Waals surface area contributed by atoms with Crippen LogP contribution in [0.5, 0.6) is 0 Å². The summed E-state index contributed by atoms with van der Waals surface area (Å²) in [5.74, 6) is -0.0591. The average Bonchev–Trinajstić information content (AvgIpc) is 2.64. The molecule has 0 spiro atoms. The second kappa shape index (κ2) is 7.21. The lowest BCUT2D eigenvalue weighted by Crippen LogP contribution is -2.13. The molecule has 0 radical (unpaired) electrons. The Bertz CT molecular complexity index is 1060. The van der Waals surface area contributed by atoms with E-state index in [0.717, 1.165) is 12.1 Å². The summed E-state index contributed by atoms with van der Waals surface area (Å²) >= 11 is 0. The Hall–Kier alpha value is -3.44. The highest BCUT2D eigenvalue weighted by atomic mass is 32.2. The monoisotopic (exact) mass is 368 g/mol. The van der Waals surface area contributed by atoms with Gasteiger partial charge in [-0.2, -0.15) is 5.26 Å². The molecular weight excluding hydrogens is 355 g/mol. The third-order valence-electron chi connectivity index (χ3n) is 3.45. The van der Waals surface area contributed by atoms with E-state index in [1.54, 1.807) is 30.3 Å². The number of aromatic nitrogens is 1. The number of rotatable bonds is 5. The maximum Gasteiger partial charge on any atom is 0.261 e. The second-order valence-corrected chi connectivity index (χ2v) is 6.96. The van der Waals surface area contributed by atoms with E-state index < -0.39 is 15.8 Å². The van der Waals surface area contributed by atoms with Gasteiger partial charge in [0, 0.05) is 0 Å². The summed E-state index contributed by atoms with van der Waals surface area (Å²) in [5.41, 5.74) is 1.32. The van der Waals surface area contributed by atoms with Gasteiger partial charge < -0.3 is 5.32 Å². The Morgan fingerprint density at radius 1 is 1.00 bits per heavy atom. The highest BCUT2D eigenvalue weighted by Crippen LogP contribution is 2.21. The lowest BCUT2D eigenvalue weighted by atomic mass is 10.2. The topological polar surface area (TPSA) is 94.9 Å². The summed E-state index contributed by atoms with van der Waals surface area (Å²) in [6.07, 6.45) is 1.35. The minimum absolute atomic E-state index is 0.0518. The van der Waals surface area contributed by atoms with E-state index in [1.807, 2.05) is 0 Å². The third kappa shape index (κ3) is 3.96. The van der Waals surface area contributed by atoms with Crippen LogP contribution in [0.2, 0.25) is 0 Å². The molecule has 0 fully saturated rings. The summed E-state index contributed by atoms with van der Waals surface area (Å²) in [7, 11) is -3.83. The van der Waals surface area contributed by atoms with Crippen molar-refractivity contribution in [3.63, 3.8) is 0 Å². The van der Waals surface area contributed by atoms with Gasteiger partial charge in [-0.15, -0.1) is 0 Å². The van der Waals surface area contributed by atoms with Crippen LogP contribution in [0, 0.1) is 17.1 Å². The molecule has 26 heavy (non-hydrogen) atoms. The number of halogens is 1. The van der Waals surface area contributed by atoms with Crippen molar-refractivity contribution in [1.29, 1.82) is 5.26 Å². The number of sulfonamides is 1. The number of nitrogens with zero attached hydrogens (tertiary/aromatic N) is 2. The van der Waals surface area contributed by atoms with E-state index in [-0.39, 0.29) is 10.6 Å². The van der Waals surface area contributed by atoms with Crippen LogP contribution in [-0.4, -0.2) is 13.4 Å². The first-order chi connectivity index (χ1) is 12.5. The molecule has 0 aliphatic rings. The van der Waals surface area contributed by atoms with Crippen LogP contribution >= 0.6 is 0 Å². The quantitative estimate of drug-likeness (QED) is 0.717. The second-order valence-electron chi connectivity index (χ2n) is 5.27. The molecule has 2 aromatic carbocycles. The van der Waals surface area contributed by atoms with Gasteiger partial charge in [-0.25, -0.2) is 17.8 Å². The highest BCUT2D eigenvalue weighted by molar-refractivity contribution is 7.92. The van der Waals surface area contributed by atoms with Crippen LogP contribution in [0.3, 0.4) is 0 Å². The predicted octanol–water partition coefficient (Wildman–Crippen LogP) is 3.64. The van der Waals surface area contributed by atoms with Crippen LogP contribution < -0.4 is 10.0 Å². The van der Waals surface area contributed by atoms with Crippen molar-refractivity contribution in [2.75, 3.05) is 10.0 Å². The summed E-state index contributed by atoms with van der Waals surface area (Å²) in [5, 5.41) is 12.1. The fourth-order valence-corrected chi connectivity index (χ4v) is 3.23. The normalized spacial score (nSPS) is 10.8. The van der Waals surface area contributed by atoms with Crippen molar-refractivity contribution in [3.05, 3.63) is 78.2 Å². The van der Waals surface area contributed by atoms with Crippen LogP contribution in [0.25, 0.3) is 0 Å². The van der Waals surface area contributed by atoms with Crippen molar-refractivity contribution in [3.8, 4) is 6.07 Å². The van der Waals surface area contributed by atoms with Gasteiger partial charge in [-0.05, 0) is 48.5 Å². The van der Waals surface area contributed by atoms with Gasteiger partial charge in [0.15, 0.2) is 0 Å². The zero-order valence-corrected chi connectivity index (χ0v) is 14.2. The van der Waals surface area contributed by atoms with E-state index in [2.05, 4.69) is 21.1 Å². The van der Waals surface area contributed by atoms with E-state index in [1.165, 1.54) is 24.4 Å². The number of para-hydroxylation sites is 1. The molecule has 1 aromatic heterocycles. The molecule has 0 bridgehead atoms. The molecule has 6 nitrogen and oxygen atoms in total. The Morgan fingerprint density at radius 3 is 2.38 bits per heavy atom. The summed E-state index contributed by atoms with van der Waals surface area (Å²) < 4.78 is 39.8. The van der Waals surface area contributed by atoms with E-state index in [0.29, 0.717) is 17.1 Å². The molecule has 3 aromatic rings. The Labute approximate surface area is 150 Å². The fraction of sp³-hybridized carbons (Fsp3) is 0. The molecule has 1 heterocycles. The molecule has 0 atom stereocenters. The fourth-order valence-electron chi connectivity index (χ4n) is 2.18. The molecular formula is C18H13FN4O2S. The zero-order chi connectivity index (χ0) is 18.6. The van der Waals surface area contributed by atoms with E-state index in [9.17, 15) is 12.8 Å². The molecule has 2 N–H and O–H groups in total. The smallest absolute Gasteiger partial charge is 0.261 e. The number of nitrogens with one attached hydrogen (secondary N) is 2. The number of hydrogen-bond donors (Lipinski definition) is 2. The maximum atomic E-state index is 12.9. The minimum atomic E-state index is -3.83. The van der Waals surface area contributed by atoms with Gasteiger partial charge in [0.1, 0.15) is 17.7 Å². The van der Waals surface area contributed by atoms with Gasteiger partial charge in [-0.3, -0.25) is 4.72 Å². The lowest BCUT2D eigenvalue weighted by Gasteiger charge is -2.10. The maximum absolute atomic E-state index is 12.9. The molecule has 0 saturated heterocycles. The molecule has 0 aliphatic carbocycles. The van der Waals surface area contributed by atoms with Crippen LogP contribution in [0.1, 0.15) is 5.56 Å². The van der Waals surface area contributed by atoms with Crippen LogP contribution in [0.15, 0.2) is 71.8 Å². The van der Waals surface area contributed by atoms with Gasteiger partial charge in [-0.1, -0.05) is 12.1 Å². The van der Waals surface area contributed by atoms with Crippen molar-refractivity contribution in [2.24, 2.45) is 0 Å². The Morgan fingerprint density at radius 2 is 1.73 bits per heavy atom. The molecule has 130 valence electrons. The largest absolute Gasteiger partial charge is 0.339 e. The Kier molecular flexibility index (Phi) is 4.82. The molecule has 0 aliphatic heterocycles. The van der Waals surface area contributed by atoms with Crippen molar-refractivity contribution in [1.82, 2.24) is 4.98 Å². The number of benzene rings is 2. The first-order valence-corrected chi connectivity index (χ1v) is 8.97. The third-order valence-corrected chi connectivity index (χ3v) is 4.85.